The topological polar surface area (TPSA) is 265 Å². The largest absolute Gasteiger partial charge is 0.456 e. The number of aromatic amines is 1. The highest BCUT2D eigenvalue weighted by Gasteiger charge is 2.51. The molecule has 0 aromatic carbocycles. The molecule has 1 aromatic rings. The van der Waals surface area contributed by atoms with E-state index >= 15 is 0 Å². The third kappa shape index (κ3) is 6.08. The van der Waals surface area contributed by atoms with Crippen molar-refractivity contribution in [2.45, 2.75) is 87.4 Å². The Morgan fingerprint density at radius 2 is 1.88 bits per heavy atom. The summed E-state index contributed by atoms with van der Waals surface area (Å²) in [4.78, 5) is 63.0. The number of carbonyl (C=O) groups excluding carboxylic acids is 3. The molecule has 0 spiro atoms. The number of hydrogen-bond donors (Lipinski definition) is 8. The van der Waals surface area contributed by atoms with Gasteiger partial charge in [0.25, 0.3) is 11.5 Å². The van der Waals surface area contributed by atoms with Crippen LogP contribution >= 0.6 is 0 Å². The van der Waals surface area contributed by atoms with E-state index in [0.29, 0.717) is 19.3 Å². The number of carbonyl (C=O) groups is 3. The van der Waals surface area contributed by atoms with Crippen LogP contribution < -0.4 is 27.6 Å². The molecule has 4 rings (SSSR count). The minimum Gasteiger partial charge on any atom is -0.456 e. The number of rotatable bonds is 7. The zero-order valence-electron chi connectivity index (χ0n) is 21.2. The molecule has 17 nitrogen and oxygen atoms in total. The number of ether oxygens (including phenoxy) is 3. The minimum absolute atomic E-state index is 0.0749. The lowest BCUT2D eigenvalue weighted by molar-refractivity contribution is -0.240. The van der Waals surface area contributed by atoms with E-state index < -0.39 is 89.9 Å². The number of nitrogens with two attached hydrogens (primary N) is 1. The highest BCUT2D eigenvalue weighted by Crippen LogP contribution is 2.32. The van der Waals surface area contributed by atoms with Crippen LogP contribution in [0.1, 0.15) is 32.4 Å². The first kappa shape index (κ1) is 29.4. The van der Waals surface area contributed by atoms with E-state index in [0.717, 1.165) is 22.9 Å². The number of nitrogens with one attached hydrogen (secondary N) is 3. The molecular formula is C23H31N5O12. The molecule has 3 aliphatic rings. The molecule has 220 valence electrons. The lowest BCUT2D eigenvalue weighted by Crippen LogP contribution is -2.54. The second kappa shape index (κ2) is 11.9. The summed E-state index contributed by atoms with van der Waals surface area (Å²) in [5, 5.41) is 47.0. The summed E-state index contributed by atoms with van der Waals surface area (Å²) in [6.07, 6.45) is -10.7. The van der Waals surface area contributed by atoms with Crippen molar-refractivity contribution in [3.05, 3.63) is 44.9 Å². The number of aromatic nitrogens is 2. The van der Waals surface area contributed by atoms with E-state index in [-0.39, 0.29) is 6.04 Å². The van der Waals surface area contributed by atoms with Gasteiger partial charge < -0.3 is 51.0 Å². The fraction of sp³-hybridized carbons (Fsp3) is 0.609. The van der Waals surface area contributed by atoms with Crippen molar-refractivity contribution in [1.29, 1.82) is 0 Å². The third-order valence-electron chi connectivity index (χ3n) is 6.82. The average molecular weight is 570 g/mol. The Kier molecular flexibility index (Phi) is 8.71. The predicted molar refractivity (Wildman–Crippen MR) is 130 cm³/mol. The van der Waals surface area contributed by atoms with Crippen molar-refractivity contribution in [2.24, 2.45) is 5.73 Å². The number of hydrogen-bond acceptors (Lipinski definition) is 12. The van der Waals surface area contributed by atoms with Crippen molar-refractivity contribution in [3.63, 3.8) is 0 Å². The van der Waals surface area contributed by atoms with Gasteiger partial charge in [-0.15, -0.1) is 0 Å². The normalized spacial score (nSPS) is 35.1. The van der Waals surface area contributed by atoms with Gasteiger partial charge in [0.15, 0.2) is 18.1 Å². The quantitative estimate of drug-likeness (QED) is 0.154. The summed E-state index contributed by atoms with van der Waals surface area (Å²) < 4.78 is 17.1. The molecule has 3 amide bonds. The zero-order valence-corrected chi connectivity index (χ0v) is 21.2. The Labute approximate surface area is 225 Å². The van der Waals surface area contributed by atoms with Gasteiger partial charge in [-0.1, -0.05) is 0 Å². The van der Waals surface area contributed by atoms with Gasteiger partial charge in [-0.05, 0) is 32.3 Å². The molecule has 4 heterocycles. The highest BCUT2D eigenvalue weighted by molar-refractivity contribution is 5.95. The Bertz CT molecular complexity index is 1280. The number of amides is 3. The summed E-state index contributed by atoms with van der Waals surface area (Å²) in [7, 11) is 0. The van der Waals surface area contributed by atoms with Crippen molar-refractivity contribution in [1.82, 2.24) is 20.2 Å². The summed E-state index contributed by atoms with van der Waals surface area (Å²) in [5.74, 6) is -3.09. The SMILES string of the molecule is C[C@@H]1CCC[C@H](NC(=O)C2=C[C@H](O)[C@H](O)[C@@H](O[C@@H](C(N)=O)[C@H]3O[C@@H](n4ccc(=O)[nH]c4=O)[C@H](O)[C@@H]3O)O2)C(=O)N1. The Morgan fingerprint density at radius 1 is 1.15 bits per heavy atom. The maximum atomic E-state index is 12.9. The van der Waals surface area contributed by atoms with Gasteiger partial charge in [0, 0.05) is 18.3 Å². The average Bonchev–Trinajstić information content (AvgIpc) is 3.06. The van der Waals surface area contributed by atoms with Crippen LogP contribution in [0, 0.1) is 0 Å². The van der Waals surface area contributed by atoms with Gasteiger partial charge in [0.2, 0.25) is 18.1 Å². The van der Waals surface area contributed by atoms with Gasteiger partial charge in [-0.3, -0.25) is 28.7 Å². The molecule has 2 fully saturated rings. The maximum absolute atomic E-state index is 12.9. The summed E-state index contributed by atoms with van der Waals surface area (Å²) >= 11 is 0. The summed E-state index contributed by atoms with van der Waals surface area (Å²) in [6.45, 7) is 1.83. The first-order valence-electron chi connectivity index (χ1n) is 12.5. The molecule has 0 bridgehead atoms. The molecule has 0 saturated carbocycles. The van der Waals surface area contributed by atoms with E-state index in [2.05, 4.69) is 10.6 Å². The Hall–Kier alpha value is -3.61. The van der Waals surface area contributed by atoms with Crippen LogP contribution in [0.15, 0.2) is 33.7 Å². The van der Waals surface area contributed by atoms with Crippen molar-refractivity contribution >= 4 is 17.7 Å². The van der Waals surface area contributed by atoms with Crippen LogP contribution in [0.2, 0.25) is 0 Å². The fourth-order valence-corrected chi connectivity index (χ4v) is 4.67. The van der Waals surface area contributed by atoms with Crippen molar-refractivity contribution in [3.8, 4) is 0 Å². The van der Waals surface area contributed by atoms with Crippen LogP contribution in [0.25, 0.3) is 0 Å². The molecule has 2 saturated heterocycles. The fourth-order valence-electron chi connectivity index (χ4n) is 4.67. The zero-order chi connectivity index (χ0) is 29.3. The van der Waals surface area contributed by atoms with Gasteiger partial charge in [0.1, 0.15) is 36.6 Å². The third-order valence-corrected chi connectivity index (χ3v) is 6.82. The smallest absolute Gasteiger partial charge is 0.330 e. The van der Waals surface area contributed by atoms with Gasteiger partial charge in [-0.2, -0.15) is 0 Å². The van der Waals surface area contributed by atoms with E-state index in [1.807, 2.05) is 11.9 Å². The van der Waals surface area contributed by atoms with Crippen molar-refractivity contribution in [2.75, 3.05) is 0 Å². The lowest BCUT2D eigenvalue weighted by atomic mass is 10.0. The number of nitrogens with zero attached hydrogens (tertiary/aromatic N) is 1. The molecule has 17 heteroatoms. The second-order valence-electron chi connectivity index (χ2n) is 9.81. The van der Waals surface area contributed by atoms with Gasteiger partial charge in [0.05, 0.1) is 0 Å². The Morgan fingerprint density at radius 3 is 2.55 bits per heavy atom. The van der Waals surface area contributed by atoms with E-state index in [1.165, 1.54) is 0 Å². The van der Waals surface area contributed by atoms with E-state index in [4.69, 9.17) is 19.9 Å². The van der Waals surface area contributed by atoms with Crippen LogP contribution in [0.5, 0.6) is 0 Å². The highest BCUT2D eigenvalue weighted by atomic mass is 16.7. The van der Waals surface area contributed by atoms with Gasteiger partial charge >= 0.3 is 5.69 Å². The molecule has 0 unspecified atom stereocenters. The monoisotopic (exact) mass is 569 g/mol. The van der Waals surface area contributed by atoms with Gasteiger partial charge in [-0.25, -0.2) is 4.79 Å². The predicted octanol–water partition coefficient (Wildman–Crippen LogP) is -4.84. The van der Waals surface area contributed by atoms with E-state index in [1.54, 1.807) is 0 Å². The molecule has 0 radical (unpaired) electrons. The maximum Gasteiger partial charge on any atom is 0.330 e. The van der Waals surface area contributed by atoms with Crippen LogP contribution in [0.4, 0.5) is 0 Å². The molecule has 10 atom stereocenters. The van der Waals surface area contributed by atoms with Crippen LogP contribution in [0.3, 0.4) is 0 Å². The molecule has 40 heavy (non-hydrogen) atoms. The van der Waals surface area contributed by atoms with Crippen molar-refractivity contribution < 1.29 is 49.0 Å². The first-order chi connectivity index (χ1) is 18.9. The lowest BCUT2D eigenvalue weighted by Gasteiger charge is -2.34. The van der Waals surface area contributed by atoms with Crippen LogP contribution in [-0.2, 0) is 28.6 Å². The number of primary amides is 1. The first-order valence-corrected chi connectivity index (χ1v) is 12.5. The van der Waals surface area contributed by atoms with E-state index in [9.17, 15) is 44.4 Å². The molecule has 1 aromatic heterocycles. The number of H-pyrrole nitrogens is 1. The molecule has 3 aliphatic heterocycles. The second-order valence-corrected chi connectivity index (χ2v) is 9.81. The Balaban J connectivity index is 1.49. The summed E-state index contributed by atoms with van der Waals surface area (Å²) in [5.41, 5.74) is 3.72. The molecule has 9 N–H and O–H groups in total. The summed E-state index contributed by atoms with van der Waals surface area (Å²) in [6, 6.07) is -0.00000468. The number of aliphatic hydroxyl groups excluding tert-OH is 4. The van der Waals surface area contributed by atoms with Crippen LogP contribution in [-0.4, -0.2) is 103 Å². The minimum atomic E-state index is -1.93. The molecule has 0 aliphatic carbocycles. The molecular weight excluding hydrogens is 538 g/mol. The number of aliphatic hydroxyl groups is 4. The standard InChI is InChI=1S/C23H31N5O12/c1-8-3-2-4-9(19(35)25-8)26-20(36)11-7-10(29)13(31)22(38-11)40-17(18(24)34)16-14(32)15(33)21(39-16)28-6-5-12(30)27-23(28)37/h5-10,13-17,21-22,29,31-33H,2-4H2,1H3,(H2,24,34)(H,25,35)(H,26,36)(H,27,30,37)/t8-,9+,10+,13+,14+,15-,16+,17-,21-,22-/m1/s1.